The van der Waals surface area contributed by atoms with Gasteiger partial charge in [0.05, 0.1) is 11.8 Å². The summed E-state index contributed by atoms with van der Waals surface area (Å²) in [6, 6.07) is 13.0. The SMILES string of the molecule is CC(C(=O)Nc1cc(C2CC2)[nH]n1)c1cccc(-c2ccc(NC(=O)/C=C/CN3CC[C@H](C(F)(F)F)C3)nc2)c1. The number of H-pyrrole nitrogens is 1. The van der Waals surface area contributed by atoms with Gasteiger partial charge in [-0.3, -0.25) is 19.6 Å². The number of anilines is 2. The Morgan fingerprint density at radius 1 is 1.10 bits per heavy atom. The van der Waals surface area contributed by atoms with Gasteiger partial charge in [-0.05, 0) is 56.0 Å². The van der Waals surface area contributed by atoms with E-state index in [0.29, 0.717) is 24.1 Å². The molecular weight excluding hydrogens is 521 g/mol. The monoisotopic (exact) mass is 552 g/mol. The maximum atomic E-state index is 12.8. The van der Waals surface area contributed by atoms with Crippen molar-refractivity contribution in [3.05, 3.63) is 72.1 Å². The number of amides is 2. The minimum atomic E-state index is -4.18. The second-order valence-electron chi connectivity index (χ2n) is 10.4. The van der Waals surface area contributed by atoms with Crippen LogP contribution in [0.15, 0.2) is 60.8 Å². The highest BCUT2D eigenvalue weighted by molar-refractivity contribution is 5.98. The van der Waals surface area contributed by atoms with Crippen molar-refractivity contribution in [1.29, 1.82) is 0 Å². The third-order valence-electron chi connectivity index (χ3n) is 7.36. The number of pyridine rings is 1. The summed E-state index contributed by atoms with van der Waals surface area (Å²) in [6.45, 7) is 2.43. The molecule has 2 atom stereocenters. The molecule has 0 spiro atoms. The van der Waals surface area contributed by atoms with Gasteiger partial charge in [0.2, 0.25) is 11.8 Å². The van der Waals surface area contributed by atoms with Gasteiger partial charge in [-0.25, -0.2) is 4.98 Å². The van der Waals surface area contributed by atoms with Gasteiger partial charge in [0.15, 0.2) is 5.82 Å². The number of aromatic amines is 1. The lowest BCUT2D eigenvalue weighted by atomic mass is 9.96. The number of rotatable bonds is 9. The highest BCUT2D eigenvalue weighted by atomic mass is 19.4. The number of hydrogen-bond acceptors (Lipinski definition) is 5. The van der Waals surface area contributed by atoms with Crippen LogP contribution < -0.4 is 10.6 Å². The van der Waals surface area contributed by atoms with Crippen LogP contribution in [0.4, 0.5) is 24.8 Å². The summed E-state index contributed by atoms with van der Waals surface area (Å²) in [5, 5.41) is 12.7. The molecule has 1 aliphatic heterocycles. The fourth-order valence-electron chi connectivity index (χ4n) is 4.76. The smallest absolute Gasteiger partial charge is 0.309 e. The number of nitrogens with zero attached hydrogens (tertiary/aromatic N) is 3. The molecule has 8 nitrogen and oxygen atoms in total. The molecule has 0 radical (unpaired) electrons. The van der Waals surface area contributed by atoms with E-state index in [0.717, 1.165) is 35.2 Å². The molecule has 1 saturated carbocycles. The van der Waals surface area contributed by atoms with Crippen LogP contribution in [0.3, 0.4) is 0 Å². The molecular formula is C29H31F3N6O2. The minimum absolute atomic E-state index is 0.0472. The first-order chi connectivity index (χ1) is 19.2. The highest BCUT2D eigenvalue weighted by Gasteiger charge is 2.43. The molecule has 2 fully saturated rings. The molecule has 1 saturated heterocycles. The molecule has 1 aromatic carbocycles. The van der Waals surface area contributed by atoms with E-state index in [-0.39, 0.29) is 25.4 Å². The Bertz CT molecular complexity index is 1380. The van der Waals surface area contributed by atoms with Gasteiger partial charge in [-0.15, -0.1) is 0 Å². The average Bonchev–Trinajstić information content (AvgIpc) is 3.47. The molecule has 2 amide bonds. The molecule has 11 heteroatoms. The molecule has 0 bridgehead atoms. The van der Waals surface area contributed by atoms with Gasteiger partial charge < -0.3 is 10.6 Å². The maximum absolute atomic E-state index is 12.8. The number of likely N-dealkylation sites (tertiary alicyclic amines) is 1. The quantitative estimate of drug-likeness (QED) is 0.306. The van der Waals surface area contributed by atoms with Crippen molar-refractivity contribution in [2.75, 3.05) is 30.3 Å². The molecule has 40 heavy (non-hydrogen) atoms. The van der Waals surface area contributed by atoms with Crippen LogP contribution in [0.1, 0.15) is 49.3 Å². The Kier molecular flexibility index (Phi) is 8.02. The van der Waals surface area contributed by atoms with Crippen molar-refractivity contribution >= 4 is 23.5 Å². The fraction of sp³-hybridized carbons (Fsp3) is 0.379. The molecule has 2 aliphatic rings. The number of hydrogen-bond donors (Lipinski definition) is 3. The number of alkyl halides is 3. The molecule has 3 aromatic rings. The van der Waals surface area contributed by atoms with Crippen molar-refractivity contribution in [3.63, 3.8) is 0 Å². The topological polar surface area (TPSA) is 103 Å². The van der Waals surface area contributed by atoms with Crippen LogP contribution in [-0.2, 0) is 9.59 Å². The number of nitrogens with one attached hydrogen (secondary N) is 3. The molecule has 5 rings (SSSR count). The summed E-state index contributed by atoms with van der Waals surface area (Å²) in [4.78, 5) is 31.1. The van der Waals surface area contributed by atoms with Crippen LogP contribution in [0.25, 0.3) is 11.1 Å². The highest BCUT2D eigenvalue weighted by Crippen LogP contribution is 2.39. The first-order valence-corrected chi connectivity index (χ1v) is 13.3. The molecule has 1 aliphatic carbocycles. The van der Waals surface area contributed by atoms with E-state index in [1.165, 1.54) is 6.08 Å². The standard InChI is InChI=1S/C29H31F3N6O2/c1-18(28(40)35-26-15-24(36-37-26)19-7-8-19)20-4-2-5-21(14-20)22-9-10-25(33-16-22)34-27(39)6-3-12-38-13-11-23(17-38)29(30,31)32/h2-6,9-10,14-16,18-19,23H,7-8,11-13,17H2,1H3,(H,33,34,39)(H2,35,36,37,40)/b6-3+/t18?,23-/m0/s1. The van der Waals surface area contributed by atoms with Gasteiger partial charge in [-0.1, -0.05) is 30.3 Å². The zero-order valence-corrected chi connectivity index (χ0v) is 22.0. The summed E-state index contributed by atoms with van der Waals surface area (Å²) < 4.78 is 38.4. The predicted octanol–water partition coefficient (Wildman–Crippen LogP) is 5.47. The number of carbonyl (C=O) groups is 2. The van der Waals surface area contributed by atoms with Crippen LogP contribution in [0.5, 0.6) is 0 Å². The molecule has 2 aromatic heterocycles. The molecule has 1 unspecified atom stereocenters. The summed E-state index contributed by atoms with van der Waals surface area (Å²) >= 11 is 0. The lowest BCUT2D eigenvalue weighted by Crippen LogP contribution is -2.27. The van der Waals surface area contributed by atoms with Crippen LogP contribution >= 0.6 is 0 Å². The third-order valence-corrected chi connectivity index (χ3v) is 7.36. The van der Waals surface area contributed by atoms with Gasteiger partial charge >= 0.3 is 6.18 Å². The predicted molar refractivity (Wildman–Crippen MR) is 146 cm³/mol. The first-order valence-electron chi connectivity index (χ1n) is 13.3. The van der Waals surface area contributed by atoms with E-state index < -0.39 is 23.9 Å². The molecule has 3 N–H and O–H groups in total. The number of aromatic nitrogens is 3. The van der Waals surface area contributed by atoms with Crippen molar-refractivity contribution in [2.45, 2.75) is 44.2 Å². The Balaban J connectivity index is 1.13. The zero-order valence-electron chi connectivity index (χ0n) is 22.0. The summed E-state index contributed by atoms with van der Waals surface area (Å²) in [5.41, 5.74) is 3.59. The van der Waals surface area contributed by atoms with E-state index in [1.54, 1.807) is 23.2 Å². The Labute approximate surface area is 230 Å². The van der Waals surface area contributed by atoms with E-state index in [4.69, 9.17) is 0 Å². The van der Waals surface area contributed by atoms with Crippen molar-refractivity contribution < 1.29 is 22.8 Å². The third kappa shape index (κ3) is 6.95. The lowest BCUT2D eigenvalue weighted by Gasteiger charge is -2.15. The largest absolute Gasteiger partial charge is 0.393 e. The van der Waals surface area contributed by atoms with Crippen LogP contribution in [0.2, 0.25) is 0 Å². The lowest BCUT2D eigenvalue weighted by molar-refractivity contribution is -0.170. The Hall–Kier alpha value is -3.99. The summed E-state index contributed by atoms with van der Waals surface area (Å²) in [7, 11) is 0. The van der Waals surface area contributed by atoms with Gasteiger partial charge in [-0.2, -0.15) is 18.3 Å². The normalized spacial score (nSPS) is 18.6. The number of carbonyl (C=O) groups excluding carboxylic acids is 2. The summed E-state index contributed by atoms with van der Waals surface area (Å²) in [5.74, 6) is -0.868. The van der Waals surface area contributed by atoms with Crippen molar-refractivity contribution in [2.24, 2.45) is 5.92 Å². The number of halogens is 3. The van der Waals surface area contributed by atoms with Crippen LogP contribution in [0, 0.1) is 5.92 Å². The minimum Gasteiger partial charge on any atom is -0.309 e. The zero-order chi connectivity index (χ0) is 28.3. The van der Waals surface area contributed by atoms with E-state index in [9.17, 15) is 22.8 Å². The van der Waals surface area contributed by atoms with Gasteiger partial charge in [0.1, 0.15) is 5.82 Å². The molecule has 210 valence electrons. The van der Waals surface area contributed by atoms with Gasteiger partial charge in [0.25, 0.3) is 0 Å². The fourth-order valence-corrected chi connectivity index (χ4v) is 4.76. The Morgan fingerprint density at radius 2 is 1.93 bits per heavy atom. The van der Waals surface area contributed by atoms with E-state index in [1.807, 2.05) is 43.3 Å². The Morgan fingerprint density at radius 3 is 2.62 bits per heavy atom. The van der Waals surface area contributed by atoms with Crippen molar-refractivity contribution in [3.8, 4) is 11.1 Å². The number of benzene rings is 1. The second kappa shape index (κ2) is 11.6. The second-order valence-corrected chi connectivity index (χ2v) is 10.4. The maximum Gasteiger partial charge on any atom is 0.393 e. The van der Waals surface area contributed by atoms with Crippen molar-refractivity contribution in [1.82, 2.24) is 20.1 Å². The average molecular weight is 553 g/mol. The van der Waals surface area contributed by atoms with E-state index >= 15 is 0 Å². The van der Waals surface area contributed by atoms with E-state index in [2.05, 4.69) is 25.8 Å². The first kappa shape index (κ1) is 27.6. The van der Waals surface area contributed by atoms with Gasteiger partial charge in [0, 0.05) is 48.6 Å². The summed E-state index contributed by atoms with van der Waals surface area (Å²) in [6.07, 6.45) is 2.70. The molecule has 3 heterocycles. The van der Waals surface area contributed by atoms with Crippen LogP contribution in [-0.4, -0.2) is 57.7 Å².